The van der Waals surface area contributed by atoms with Crippen molar-refractivity contribution in [1.29, 1.82) is 0 Å². The predicted molar refractivity (Wildman–Crippen MR) is 91.5 cm³/mol. The Morgan fingerprint density at radius 3 is 2.48 bits per heavy atom. The molecule has 2 rings (SSSR count). The predicted octanol–water partition coefficient (Wildman–Crippen LogP) is 4.02. The van der Waals surface area contributed by atoms with E-state index >= 15 is 0 Å². The van der Waals surface area contributed by atoms with E-state index in [0.717, 1.165) is 19.0 Å². The fourth-order valence-electron chi connectivity index (χ4n) is 3.45. The second kappa shape index (κ2) is 6.50. The fourth-order valence-corrected chi connectivity index (χ4v) is 3.45. The Morgan fingerprint density at radius 1 is 1.19 bits per heavy atom. The van der Waals surface area contributed by atoms with Crippen molar-refractivity contribution < 1.29 is 0 Å². The lowest BCUT2D eigenvalue weighted by Gasteiger charge is -2.52. The van der Waals surface area contributed by atoms with Crippen molar-refractivity contribution in [3.8, 4) is 0 Å². The van der Waals surface area contributed by atoms with Gasteiger partial charge in [0.2, 0.25) is 0 Å². The van der Waals surface area contributed by atoms with Crippen LogP contribution in [0.25, 0.3) is 0 Å². The molecule has 1 saturated heterocycles. The van der Waals surface area contributed by atoms with Crippen molar-refractivity contribution in [3.63, 3.8) is 0 Å². The summed E-state index contributed by atoms with van der Waals surface area (Å²) >= 11 is 0. The molecule has 1 aliphatic heterocycles. The minimum atomic E-state index is 0.0582. The SMILES string of the molecule is CCCC(C)CN1CC(C)(c2ccccc2)NCC1(C)C. The van der Waals surface area contributed by atoms with Crippen LogP contribution in [-0.4, -0.2) is 30.1 Å². The molecule has 1 N–H and O–H groups in total. The molecule has 0 aromatic heterocycles. The van der Waals surface area contributed by atoms with Gasteiger partial charge in [0.25, 0.3) is 0 Å². The van der Waals surface area contributed by atoms with Crippen LogP contribution in [0.4, 0.5) is 0 Å². The van der Waals surface area contributed by atoms with Gasteiger partial charge in [-0.3, -0.25) is 4.90 Å². The van der Waals surface area contributed by atoms with Gasteiger partial charge in [0.1, 0.15) is 0 Å². The van der Waals surface area contributed by atoms with Gasteiger partial charge in [0.05, 0.1) is 5.54 Å². The smallest absolute Gasteiger partial charge is 0.0535 e. The molecule has 1 aromatic rings. The molecular weight excluding hydrogens is 256 g/mol. The first-order valence-corrected chi connectivity index (χ1v) is 8.43. The Kier molecular flexibility index (Phi) is 5.11. The quantitative estimate of drug-likeness (QED) is 0.880. The zero-order valence-electron chi connectivity index (χ0n) is 14.4. The van der Waals surface area contributed by atoms with Crippen LogP contribution in [-0.2, 0) is 5.54 Å². The molecule has 1 fully saturated rings. The number of hydrogen-bond donors (Lipinski definition) is 1. The molecular formula is C19H32N2. The van der Waals surface area contributed by atoms with E-state index in [2.05, 4.69) is 75.2 Å². The molecule has 0 saturated carbocycles. The van der Waals surface area contributed by atoms with E-state index in [9.17, 15) is 0 Å². The van der Waals surface area contributed by atoms with Gasteiger partial charge < -0.3 is 5.32 Å². The van der Waals surface area contributed by atoms with Crippen molar-refractivity contribution in [1.82, 2.24) is 10.2 Å². The summed E-state index contributed by atoms with van der Waals surface area (Å²) in [5, 5.41) is 3.80. The van der Waals surface area contributed by atoms with Gasteiger partial charge in [0.15, 0.2) is 0 Å². The Morgan fingerprint density at radius 2 is 1.86 bits per heavy atom. The van der Waals surface area contributed by atoms with Crippen molar-refractivity contribution in [2.75, 3.05) is 19.6 Å². The van der Waals surface area contributed by atoms with Gasteiger partial charge in [-0.25, -0.2) is 0 Å². The lowest BCUT2D eigenvalue weighted by molar-refractivity contribution is 0.0197. The van der Waals surface area contributed by atoms with Crippen molar-refractivity contribution in [2.24, 2.45) is 5.92 Å². The summed E-state index contributed by atoms with van der Waals surface area (Å²) in [5.41, 5.74) is 1.69. The van der Waals surface area contributed by atoms with Gasteiger partial charge in [-0.1, -0.05) is 50.6 Å². The molecule has 1 heterocycles. The molecule has 0 amide bonds. The van der Waals surface area contributed by atoms with Crippen LogP contribution >= 0.6 is 0 Å². The maximum Gasteiger partial charge on any atom is 0.0535 e. The lowest BCUT2D eigenvalue weighted by Crippen LogP contribution is -2.66. The van der Waals surface area contributed by atoms with E-state index in [-0.39, 0.29) is 11.1 Å². The maximum atomic E-state index is 3.80. The summed E-state index contributed by atoms with van der Waals surface area (Å²) in [7, 11) is 0. The average Bonchev–Trinajstić information content (AvgIpc) is 2.45. The lowest BCUT2D eigenvalue weighted by atomic mass is 9.84. The average molecular weight is 288 g/mol. The highest BCUT2D eigenvalue weighted by Gasteiger charge is 2.41. The van der Waals surface area contributed by atoms with E-state index in [1.54, 1.807) is 0 Å². The largest absolute Gasteiger partial charge is 0.305 e. The number of nitrogens with zero attached hydrogens (tertiary/aromatic N) is 1. The highest BCUT2D eigenvalue weighted by Crippen LogP contribution is 2.31. The molecule has 2 heteroatoms. The number of piperazine rings is 1. The molecule has 118 valence electrons. The molecule has 0 spiro atoms. The van der Waals surface area contributed by atoms with E-state index in [0.29, 0.717) is 0 Å². The van der Waals surface area contributed by atoms with E-state index in [1.807, 2.05) is 0 Å². The molecule has 2 nitrogen and oxygen atoms in total. The van der Waals surface area contributed by atoms with Gasteiger partial charge in [-0.15, -0.1) is 0 Å². The van der Waals surface area contributed by atoms with E-state index in [1.165, 1.54) is 24.9 Å². The first kappa shape index (κ1) is 16.5. The molecule has 2 atom stereocenters. The summed E-state index contributed by atoms with van der Waals surface area (Å²) in [4.78, 5) is 2.69. The molecule has 1 aliphatic rings. The third-order valence-electron chi connectivity index (χ3n) is 5.00. The van der Waals surface area contributed by atoms with Crippen molar-refractivity contribution >= 4 is 0 Å². The summed E-state index contributed by atoms with van der Waals surface area (Å²) in [5.74, 6) is 0.771. The van der Waals surface area contributed by atoms with Crippen LogP contribution in [0.3, 0.4) is 0 Å². The summed E-state index contributed by atoms with van der Waals surface area (Å²) in [6, 6.07) is 10.9. The third-order valence-corrected chi connectivity index (χ3v) is 5.00. The van der Waals surface area contributed by atoms with Crippen LogP contribution in [0.15, 0.2) is 30.3 Å². The molecule has 1 aromatic carbocycles. The van der Waals surface area contributed by atoms with Gasteiger partial charge in [-0.05, 0) is 38.7 Å². The van der Waals surface area contributed by atoms with Crippen LogP contribution in [0.2, 0.25) is 0 Å². The first-order chi connectivity index (χ1) is 9.87. The molecule has 0 aliphatic carbocycles. The maximum absolute atomic E-state index is 3.80. The second-order valence-corrected chi connectivity index (χ2v) is 7.64. The van der Waals surface area contributed by atoms with E-state index in [4.69, 9.17) is 0 Å². The van der Waals surface area contributed by atoms with Gasteiger partial charge in [-0.2, -0.15) is 0 Å². The number of benzene rings is 1. The minimum Gasteiger partial charge on any atom is -0.305 e. The standard InChI is InChI=1S/C19H32N2/c1-6-10-16(2)13-21-15-19(5,20-14-18(21,3)4)17-11-8-7-9-12-17/h7-9,11-12,16,20H,6,10,13-15H2,1-5H3. The zero-order chi connectivity index (χ0) is 15.5. The Labute approximate surface area is 130 Å². The Bertz CT molecular complexity index is 440. The van der Waals surface area contributed by atoms with Gasteiger partial charge >= 0.3 is 0 Å². The van der Waals surface area contributed by atoms with Crippen LogP contribution in [0, 0.1) is 5.92 Å². The number of rotatable bonds is 5. The molecule has 0 bridgehead atoms. The second-order valence-electron chi connectivity index (χ2n) is 7.64. The summed E-state index contributed by atoms with van der Waals surface area (Å²) in [6.45, 7) is 15.1. The number of nitrogens with one attached hydrogen (secondary N) is 1. The highest BCUT2D eigenvalue weighted by atomic mass is 15.3. The Hall–Kier alpha value is -0.860. The number of hydrogen-bond acceptors (Lipinski definition) is 2. The molecule has 21 heavy (non-hydrogen) atoms. The van der Waals surface area contributed by atoms with E-state index < -0.39 is 0 Å². The Balaban J connectivity index is 2.15. The zero-order valence-corrected chi connectivity index (χ0v) is 14.4. The third kappa shape index (κ3) is 3.87. The van der Waals surface area contributed by atoms with Crippen LogP contribution < -0.4 is 5.32 Å². The summed E-state index contributed by atoms with van der Waals surface area (Å²) < 4.78 is 0. The molecule has 2 unspecified atom stereocenters. The van der Waals surface area contributed by atoms with Crippen LogP contribution in [0.5, 0.6) is 0 Å². The topological polar surface area (TPSA) is 15.3 Å². The highest BCUT2D eigenvalue weighted by molar-refractivity contribution is 5.25. The molecule has 0 radical (unpaired) electrons. The first-order valence-electron chi connectivity index (χ1n) is 8.43. The van der Waals surface area contributed by atoms with Crippen molar-refractivity contribution in [3.05, 3.63) is 35.9 Å². The normalized spacial score (nSPS) is 27.5. The van der Waals surface area contributed by atoms with Crippen LogP contribution in [0.1, 0.15) is 53.0 Å². The minimum absolute atomic E-state index is 0.0582. The van der Waals surface area contributed by atoms with Crippen molar-refractivity contribution in [2.45, 2.75) is 58.5 Å². The summed E-state index contributed by atoms with van der Waals surface area (Å²) in [6.07, 6.45) is 2.60. The fraction of sp³-hybridized carbons (Fsp3) is 0.684. The van der Waals surface area contributed by atoms with Gasteiger partial charge in [0, 0.05) is 25.2 Å². The monoisotopic (exact) mass is 288 g/mol.